The van der Waals surface area contributed by atoms with E-state index in [0.29, 0.717) is 29.6 Å². The van der Waals surface area contributed by atoms with Crippen LogP contribution in [0.5, 0.6) is 0 Å². The van der Waals surface area contributed by atoms with Crippen LogP contribution in [0.15, 0.2) is 28.8 Å². The van der Waals surface area contributed by atoms with Crippen molar-refractivity contribution in [2.24, 2.45) is 5.41 Å². The Hall–Kier alpha value is -1.51. The molecule has 1 aliphatic heterocycles. The van der Waals surface area contributed by atoms with Crippen LogP contribution >= 0.6 is 11.6 Å². The van der Waals surface area contributed by atoms with Gasteiger partial charge in [-0.05, 0) is 36.8 Å². The van der Waals surface area contributed by atoms with E-state index >= 15 is 0 Å². The molecule has 9 heteroatoms. The zero-order chi connectivity index (χ0) is 16.9. The Bertz CT molecular complexity index is 878. The molecule has 128 valence electrons. The van der Waals surface area contributed by atoms with Gasteiger partial charge in [-0.2, -0.15) is 17.7 Å². The van der Waals surface area contributed by atoms with Gasteiger partial charge in [0.05, 0.1) is 0 Å². The Morgan fingerprint density at radius 1 is 1.33 bits per heavy atom. The fourth-order valence-corrected chi connectivity index (χ4v) is 4.33. The Balaban J connectivity index is 1.48. The summed E-state index contributed by atoms with van der Waals surface area (Å²) in [6.07, 6.45) is 2.08. The predicted octanol–water partition coefficient (Wildman–Crippen LogP) is 3.17. The van der Waals surface area contributed by atoms with E-state index in [0.717, 1.165) is 16.3 Å². The summed E-state index contributed by atoms with van der Waals surface area (Å²) in [4.78, 5) is 4.46. The standard InChI is InChI=1S/C15H15ClFN3O3S/c16-11-3-1-2-10(8-11)13-18-14(23-19-13)12-9-15(12)4-6-20(7-5-15)24(17,21)22/h1-3,8,12H,4-7,9H2. The number of piperidine rings is 1. The van der Waals surface area contributed by atoms with Crippen molar-refractivity contribution in [3.8, 4) is 11.4 Å². The fourth-order valence-electron chi connectivity index (χ4n) is 3.52. The molecule has 1 aromatic carbocycles. The molecule has 2 aromatic rings. The molecule has 1 saturated heterocycles. The summed E-state index contributed by atoms with van der Waals surface area (Å²) >= 11 is 5.97. The number of halogens is 2. The zero-order valence-electron chi connectivity index (χ0n) is 12.7. The van der Waals surface area contributed by atoms with Crippen LogP contribution in [0.3, 0.4) is 0 Å². The Kier molecular flexibility index (Phi) is 3.67. The maximum atomic E-state index is 13.0. The Labute approximate surface area is 144 Å². The predicted molar refractivity (Wildman–Crippen MR) is 85.4 cm³/mol. The number of hydrogen-bond acceptors (Lipinski definition) is 5. The highest BCUT2D eigenvalue weighted by Crippen LogP contribution is 2.64. The summed E-state index contributed by atoms with van der Waals surface area (Å²) in [5.41, 5.74) is 0.741. The van der Waals surface area contributed by atoms with Gasteiger partial charge in [0.15, 0.2) is 0 Å². The van der Waals surface area contributed by atoms with Crippen molar-refractivity contribution in [3.63, 3.8) is 0 Å². The van der Waals surface area contributed by atoms with Crippen molar-refractivity contribution in [2.45, 2.75) is 25.2 Å². The van der Waals surface area contributed by atoms with Crippen LogP contribution in [0.2, 0.25) is 5.02 Å². The maximum Gasteiger partial charge on any atom is 0.374 e. The average Bonchev–Trinajstić information content (AvgIpc) is 3.01. The first-order valence-electron chi connectivity index (χ1n) is 7.67. The normalized spacial score (nSPS) is 23.5. The second-order valence-corrected chi connectivity index (χ2v) is 8.20. The van der Waals surface area contributed by atoms with Crippen LogP contribution in [-0.4, -0.2) is 36.0 Å². The Morgan fingerprint density at radius 3 is 2.75 bits per heavy atom. The molecule has 0 bridgehead atoms. The van der Waals surface area contributed by atoms with E-state index in [4.69, 9.17) is 16.1 Å². The molecule has 2 aliphatic rings. The second-order valence-electron chi connectivity index (χ2n) is 6.43. The molecule has 2 fully saturated rings. The highest BCUT2D eigenvalue weighted by Gasteiger charge is 2.59. The van der Waals surface area contributed by atoms with Gasteiger partial charge >= 0.3 is 10.4 Å². The molecule has 24 heavy (non-hydrogen) atoms. The molecule has 0 N–H and O–H groups in total. The molecule has 1 saturated carbocycles. The molecule has 6 nitrogen and oxygen atoms in total. The minimum absolute atomic E-state index is 0.0423. The highest BCUT2D eigenvalue weighted by atomic mass is 35.5. The molecule has 1 aliphatic carbocycles. The molecular weight excluding hydrogens is 357 g/mol. The first-order valence-corrected chi connectivity index (χ1v) is 9.39. The van der Waals surface area contributed by atoms with Crippen molar-refractivity contribution in [1.82, 2.24) is 14.4 Å². The van der Waals surface area contributed by atoms with Crippen LogP contribution in [0.1, 0.15) is 31.1 Å². The van der Waals surface area contributed by atoms with Crippen molar-refractivity contribution >= 4 is 22.0 Å². The summed E-state index contributed by atoms with van der Waals surface area (Å²) in [6.45, 7) is 0.398. The van der Waals surface area contributed by atoms with E-state index in [1.54, 1.807) is 12.1 Å². The number of nitrogens with zero attached hydrogens (tertiary/aromatic N) is 3. The third kappa shape index (κ3) is 2.82. The smallest absolute Gasteiger partial charge is 0.339 e. The molecule has 0 radical (unpaired) electrons. The number of aromatic nitrogens is 2. The van der Waals surface area contributed by atoms with Crippen molar-refractivity contribution < 1.29 is 16.8 Å². The quantitative estimate of drug-likeness (QED) is 0.774. The van der Waals surface area contributed by atoms with E-state index in [1.807, 2.05) is 12.1 Å². The summed E-state index contributed by atoms with van der Waals surface area (Å²) in [7, 11) is -4.60. The van der Waals surface area contributed by atoms with Gasteiger partial charge in [0.2, 0.25) is 11.7 Å². The number of benzene rings is 1. The second kappa shape index (κ2) is 5.50. The van der Waals surface area contributed by atoms with Crippen molar-refractivity contribution in [3.05, 3.63) is 35.2 Å². The van der Waals surface area contributed by atoms with E-state index in [1.165, 1.54) is 0 Å². The van der Waals surface area contributed by atoms with Gasteiger partial charge in [-0.1, -0.05) is 32.8 Å². The SMILES string of the molecule is O=S(=O)(F)N1CCC2(CC1)CC2c1nc(-c2cccc(Cl)c2)no1. The molecule has 4 rings (SSSR count). The summed E-state index contributed by atoms with van der Waals surface area (Å²) in [5.74, 6) is 1.15. The van der Waals surface area contributed by atoms with Gasteiger partial charge in [0.25, 0.3) is 0 Å². The molecule has 1 atom stereocenters. The summed E-state index contributed by atoms with van der Waals surface area (Å²) in [5, 5.41) is 4.61. The lowest BCUT2D eigenvalue weighted by Gasteiger charge is -2.29. The van der Waals surface area contributed by atoms with Gasteiger partial charge < -0.3 is 4.52 Å². The minimum Gasteiger partial charge on any atom is -0.339 e. The highest BCUT2D eigenvalue weighted by molar-refractivity contribution is 7.83. The Morgan fingerprint density at radius 2 is 2.08 bits per heavy atom. The van der Waals surface area contributed by atoms with Crippen LogP contribution in [0, 0.1) is 5.41 Å². The lowest BCUT2D eigenvalue weighted by molar-refractivity contribution is 0.235. The van der Waals surface area contributed by atoms with E-state index in [2.05, 4.69) is 10.1 Å². The van der Waals surface area contributed by atoms with Crippen molar-refractivity contribution in [1.29, 1.82) is 0 Å². The zero-order valence-corrected chi connectivity index (χ0v) is 14.2. The van der Waals surface area contributed by atoms with Crippen LogP contribution in [0.25, 0.3) is 11.4 Å². The average molecular weight is 372 g/mol. The molecule has 0 amide bonds. The lowest BCUT2D eigenvalue weighted by atomic mass is 9.92. The number of hydrogen-bond donors (Lipinski definition) is 0. The topological polar surface area (TPSA) is 76.3 Å². The summed E-state index contributed by atoms with van der Waals surface area (Å²) < 4.78 is 41.2. The van der Waals surface area contributed by atoms with E-state index in [-0.39, 0.29) is 24.4 Å². The van der Waals surface area contributed by atoms with Crippen LogP contribution in [0.4, 0.5) is 3.89 Å². The van der Waals surface area contributed by atoms with Gasteiger partial charge in [0.1, 0.15) is 0 Å². The van der Waals surface area contributed by atoms with E-state index < -0.39 is 10.4 Å². The van der Waals surface area contributed by atoms with Crippen LogP contribution < -0.4 is 0 Å². The maximum absolute atomic E-state index is 13.0. The fraction of sp³-hybridized carbons (Fsp3) is 0.467. The van der Waals surface area contributed by atoms with E-state index in [9.17, 15) is 12.3 Å². The molecular formula is C15H15ClFN3O3S. The third-order valence-corrected chi connectivity index (χ3v) is 6.26. The van der Waals surface area contributed by atoms with Gasteiger partial charge in [-0.15, -0.1) is 0 Å². The van der Waals surface area contributed by atoms with Crippen LogP contribution in [-0.2, 0) is 10.4 Å². The van der Waals surface area contributed by atoms with Gasteiger partial charge in [-0.25, -0.2) is 0 Å². The first-order chi connectivity index (χ1) is 11.4. The monoisotopic (exact) mass is 371 g/mol. The molecule has 1 unspecified atom stereocenters. The number of rotatable bonds is 3. The molecule has 2 heterocycles. The largest absolute Gasteiger partial charge is 0.374 e. The minimum atomic E-state index is -4.60. The van der Waals surface area contributed by atoms with Crippen molar-refractivity contribution in [2.75, 3.05) is 13.1 Å². The lowest BCUT2D eigenvalue weighted by Crippen LogP contribution is -2.37. The molecule has 1 aromatic heterocycles. The van der Waals surface area contributed by atoms with Gasteiger partial charge in [-0.3, -0.25) is 0 Å². The summed E-state index contributed by atoms with van der Waals surface area (Å²) in [6, 6.07) is 7.21. The third-order valence-electron chi connectivity index (χ3n) is 5.04. The first kappa shape index (κ1) is 16.0. The molecule has 1 spiro atoms. The van der Waals surface area contributed by atoms with Gasteiger partial charge in [0, 0.05) is 29.6 Å².